The van der Waals surface area contributed by atoms with Gasteiger partial charge in [-0.05, 0) is 80.4 Å². The van der Waals surface area contributed by atoms with Gasteiger partial charge in [-0.1, -0.05) is 23.8 Å². The summed E-state index contributed by atoms with van der Waals surface area (Å²) in [6.45, 7) is 5.89. The van der Waals surface area contributed by atoms with E-state index in [0.717, 1.165) is 27.3 Å². The molecule has 30 heavy (non-hydrogen) atoms. The molecule has 156 valence electrons. The fraction of sp³-hybridized carbons (Fsp3) is 0.174. The molecule has 3 aromatic carbocycles. The van der Waals surface area contributed by atoms with Gasteiger partial charge in [-0.15, -0.1) is 11.8 Å². The molecule has 0 unspecified atom stereocenters. The van der Waals surface area contributed by atoms with Crippen molar-refractivity contribution in [2.24, 2.45) is 0 Å². The number of benzene rings is 3. The van der Waals surface area contributed by atoms with Crippen molar-refractivity contribution in [1.29, 1.82) is 0 Å². The second-order valence-electron chi connectivity index (χ2n) is 7.16. The van der Waals surface area contributed by atoms with E-state index in [1.54, 1.807) is 48.5 Å². The zero-order chi connectivity index (χ0) is 21.7. The van der Waals surface area contributed by atoms with Crippen molar-refractivity contribution < 1.29 is 13.2 Å². The molecule has 0 saturated carbocycles. The average Bonchev–Trinajstić information content (AvgIpc) is 2.67. The molecular weight excluding hydrogens is 416 g/mol. The van der Waals surface area contributed by atoms with Crippen LogP contribution in [0.15, 0.2) is 76.5 Å². The van der Waals surface area contributed by atoms with Crippen LogP contribution in [0.2, 0.25) is 0 Å². The molecular formula is C23H24N2O3S2. The van der Waals surface area contributed by atoms with Crippen molar-refractivity contribution in [3.05, 3.63) is 83.4 Å². The highest BCUT2D eigenvalue weighted by molar-refractivity contribution is 8.00. The zero-order valence-electron chi connectivity index (χ0n) is 17.1. The van der Waals surface area contributed by atoms with Gasteiger partial charge in [0, 0.05) is 16.3 Å². The third-order valence-corrected chi connectivity index (χ3v) is 6.72. The van der Waals surface area contributed by atoms with E-state index < -0.39 is 10.0 Å². The minimum Gasteiger partial charge on any atom is -0.325 e. The first-order valence-corrected chi connectivity index (χ1v) is 11.9. The predicted molar refractivity (Wildman–Crippen MR) is 124 cm³/mol. The van der Waals surface area contributed by atoms with Gasteiger partial charge in [0.1, 0.15) is 0 Å². The minimum absolute atomic E-state index is 0.0887. The highest BCUT2D eigenvalue weighted by Gasteiger charge is 2.14. The number of anilines is 2. The maximum atomic E-state index is 12.5. The molecule has 0 heterocycles. The second-order valence-corrected chi connectivity index (χ2v) is 9.89. The lowest BCUT2D eigenvalue weighted by atomic mass is 10.1. The number of carbonyl (C=O) groups is 1. The van der Waals surface area contributed by atoms with E-state index in [0.29, 0.717) is 5.69 Å². The molecule has 0 aliphatic rings. The average molecular weight is 441 g/mol. The molecule has 0 fully saturated rings. The van der Waals surface area contributed by atoms with Crippen molar-refractivity contribution in [1.82, 2.24) is 0 Å². The quantitative estimate of drug-likeness (QED) is 0.499. The Morgan fingerprint density at radius 3 is 2.00 bits per heavy atom. The van der Waals surface area contributed by atoms with Crippen LogP contribution in [-0.2, 0) is 14.8 Å². The van der Waals surface area contributed by atoms with Gasteiger partial charge in [0.15, 0.2) is 0 Å². The molecule has 5 nitrogen and oxygen atoms in total. The molecule has 3 rings (SSSR count). The monoisotopic (exact) mass is 440 g/mol. The molecule has 0 atom stereocenters. The van der Waals surface area contributed by atoms with Gasteiger partial charge in [0.25, 0.3) is 10.0 Å². The van der Waals surface area contributed by atoms with Gasteiger partial charge in [-0.25, -0.2) is 8.42 Å². The summed E-state index contributed by atoms with van der Waals surface area (Å²) in [6.07, 6.45) is 0. The summed E-state index contributed by atoms with van der Waals surface area (Å²) in [5.41, 5.74) is 4.46. The normalized spacial score (nSPS) is 11.2. The molecule has 0 bridgehead atoms. The third kappa shape index (κ3) is 6.11. The van der Waals surface area contributed by atoms with Gasteiger partial charge in [0.2, 0.25) is 5.91 Å². The van der Waals surface area contributed by atoms with Gasteiger partial charge < -0.3 is 5.32 Å². The summed E-state index contributed by atoms with van der Waals surface area (Å²) in [5.74, 6) is 0.177. The first-order chi connectivity index (χ1) is 14.2. The Morgan fingerprint density at radius 2 is 1.40 bits per heavy atom. The number of aryl methyl sites for hydroxylation is 3. The van der Waals surface area contributed by atoms with Crippen LogP contribution in [0.4, 0.5) is 11.4 Å². The molecule has 1 amide bonds. The lowest BCUT2D eigenvalue weighted by Crippen LogP contribution is -2.14. The second kappa shape index (κ2) is 9.36. The molecule has 0 spiro atoms. The Bertz CT molecular complexity index is 1120. The summed E-state index contributed by atoms with van der Waals surface area (Å²) in [5, 5.41) is 2.91. The topological polar surface area (TPSA) is 75.3 Å². The molecule has 0 radical (unpaired) electrons. The third-order valence-electron chi connectivity index (χ3n) is 4.31. The molecule has 2 N–H and O–H groups in total. The molecule has 0 aliphatic carbocycles. The minimum atomic E-state index is -3.63. The standard InChI is InChI=1S/C23H24N2O3S2/c1-16-4-10-22(11-5-16)30(27,28)25-19-6-8-21(9-7-19)29-15-23(26)24-20-13-17(2)12-18(3)14-20/h4-14,25H,15H2,1-3H3,(H,24,26). The number of thioether (sulfide) groups is 1. The lowest BCUT2D eigenvalue weighted by molar-refractivity contribution is -0.113. The first kappa shape index (κ1) is 21.9. The Kier molecular flexibility index (Phi) is 6.84. The summed E-state index contributed by atoms with van der Waals surface area (Å²) in [4.78, 5) is 13.3. The van der Waals surface area contributed by atoms with E-state index in [9.17, 15) is 13.2 Å². The predicted octanol–water partition coefficient (Wildman–Crippen LogP) is 5.14. The summed E-state index contributed by atoms with van der Waals surface area (Å²) in [7, 11) is -3.63. The fourth-order valence-electron chi connectivity index (χ4n) is 2.94. The van der Waals surface area contributed by atoms with E-state index in [1.165, 1.54) is 11.8 Å². The summed E-state index contributed by atoms with van der Waals surface area (Å²) < 4.78 is 27.5. The largest absolute Gasteiger partial charge is 0.325 e. The number of carbonyl (C=O) groups excluding carboxylic acids is 1. The van der Waals surface area contributed by atoms with Crippen LogP contribution in [0, 0.1) is 20.8 Å². The Balaban J connectivity index is 1.56. The maximum absolute atomic E-state index is 12.5. The Labute approximate surface area is 182 Å². The number of amides is 1. The van der Waals surface area contributed by atoms with E-state index >= 15 is 0 Å². The zero-order valence-corrected chi connectivity index (χ0v) is 18.7. The van der Waals surface area contributed by atoms with E-state index in [-0.39, 0.29) is 16.6 Å². The smallest absolute Gasteiger partial charge is 0.261 e. The number of hydrogen-bond donors (Lipinski definition) is 2. The summed E-state index contributed by atoms with van der Waals surface area (Å²) in [6, 6.07) is 19.6. The van der Waals surface area contributed by atoms with Crippen molar-refractivity contribution in [2.75, 3.05) is 15.8 Å². The van der Waals surface area contributed by atoms with Crippen LogP contribution in [0.1, 0.15) is 16.7 Å². The van der Waals surface area contributed by atoms with Crippen molar-refractivity contribution in [3.63, 3.8) is 0 Å². The number of sulfonamides is 1. The number of hydrogen-bond acceptors (Lipinski definition) is 4. The van der Waals surface area contributed by atoms with Crippen LogP contribution in [0.5, 0.6) is 0 Å². The molecule has 7 heteroatoms. The number of nitrogens with one attached hydrogen (secondary N) is 2. The van der Waals surface area contributed by atoms with Gasteiger partial charge in [-0.3, -0.25) is 9.52 Å². The van der Waals surface area contributed by atoms with Crippen LogP contribution < -0.4 is 10.0 Å². The highest BCUT2D eigenvalue weighted by Crippen LogP contribution is 2.23. The van der Waals surface area contributed by atoms with Crippen molar-refractivity contribution in [2.45, 2.75) is 30.6 Å². The van der Waals surface area contributed by atoms with Crippen LogP contribution in [-0.4, -0.2) is 20.1 Å². The SMILES string of the molecule is Cc1ccc(S(=O)(=O)Nc2ccc(SCC(=O)Nc3cc(C)cc(C)c3)cc2)cc1. The summed E-state index contributed by atoms with van der Waals surface area (Å²) >= 11 is 1.39. The molecule has 0 aromatic heterocycles. The van der Waals surface area contributed by atoms with Crippen molar-refractivity contribution in [3.8, 4) is 0 Å². The van der Waals surface area contributed by atoms with Gasteiger partial charge in [-0.2, -0.15) is 0 Å². The molecule has 0 aliphatic heterocycles. The van der Waals surface area contributed by atoms with Gasteiger partial charge >= 0.3 is 0 Å². The fourth-order valence-corrected chi connectivity index (χ4v) is 4.70. The van der Waals surface area contributed by atoms with Crippen LogP contribution in [0.3, 0.4) is 0 Å². The maximum Gasteiger partial charge on any atom is 0.261 e. The molecule has 0 saturated heterocycles. The van der Waals surface area contributed by atoms with E-state index in [1.807, 2.05) is 32.9 Å². The van der Waals surface area contributed by atoms with Crippen molar-refractivity contribution >= 4 is 39.1 Å². The number of rotatable bonds is 7. The highest BCUT2D eigenvalue weighted by atomic mass is 32.2. The Hall–Kier alpha value is -2.77. The van der Waals surface area contributed by atoms with E-state index in [4.69, 9.17) is 0 Å². The Morgan fingerprint density at radius 1 is 0.800 bits per heavy atom. The molecule has 3 aromatic rings. The van der Waals surface area contributed by atoms with Crippen LogP contribution in [0.25, 0.3) is 0 Å². The van der Waals surface area contributed by atoms with Crippen LogP contribution >= 0.6 is 11.8 Å². The first-order valence-electron chi connectivity index (χ1n) is 9.42. The lowest BCUT2D eigenvalue weighted by Gasteiger charge is -2.10. The van der Waals surface area contributed by atoms with Gasteiger partial charge in [0.05, 0.1) is 10.6 Å². The van der Waals surface area contributed by atoms with E-state index in [2.05, 4.69) is 16.1 Å².